The van der Waals surface area contributed by atoms with Crippen LogP contribution in [0.3, 0.4) is 0 Å². The monoisotopic (exact) mass is 312 g/mol. The first-order valence-electron chi connectivity index (χ1n) is 7.86. The van der Waals surface area contributed by atoms with Gasteiger partial charge in [-0.2, -0.15) is 0 Å². The van der Waals surface area contributed by atoms with Crippen molar-refractivity contribution in [3.05, 3.63) is 71.8 Å². The predicted molar refractivity (Wildman–Crippen MR) is 98.1 cm³/mol. The summed E-state index contributed by atoms with van der Waals surface area (Å²) in [5.41, 5.74) is 2.70. The minimum atomic E-state index is 0.372. The molecule has 0 bridgehead atoms. The van der Waals surface area contributed by atoms with E-state index >= 15 is 0 Å². The molecule has 0 heterocycles. The highest BCUT2D eigenvalue weighted by molar-refractivity contribution is 7.80. The molecule has 0 aliphatic rings. The molecule has 0 amide bonds. The molecule has 2 N–H and O–H groups in total. The molecule has 0 spiro atoms. The summed E-state index contributed by atoms with van der Waals surface area (Å²) in [6.07, 6.45) is 3.13. The van der Waals surface area contributed by atoms with Crippen molar-refractivity contribution in [2.24, 2.45) is 0 Å². The van der Waals surface area contributed by atoms with Gasteiger partial charge in [0, 0.05) is 12.6 Å². The third-order valence-electron chi connectivity index (χ3n) is 3.63. The minimum Gasteiger partial charge on any atom is -0.362 e. The number of nitrogens with one attached hydrogen (secondary N) is 2. The van der Waals surface area contributed by atoms with E-state index in [-0.39, 0.29) is 0 Å². The molecule has 0 aromatic heterocycles. The lowest BCUT2D eigenvalue weighted by molar-refractivity contribution is 0.599. The predicted octanol–water partition coefficient (Wildman–Crippen LogP) is 3.71. The van der Waals surface area contributed by atoms with Crippen molar-refractivity contribution < 1.29 is 0 Å². The van der Waals surface area contributed by atoms with Gasteiger partial charge in [0.05, 0.1) is 0 Å². The highest BCUT2D eigenvalue weighted by atomic mass is 32.1. The van der Waals surface area contributed by atoms with Gasteiger partial charge < -0.3 is 10.6 Å². The maximum Gasteiger partial charge on any atom is 0.166 e. The van der Waals surface area contributed by atoms with Gasteiger partial charge in [-0.15, -0.1) is 0 Å². The summed E-state index contributed by atoms with van der Waals surface area (Å²) in [5.74, 6) is 0. The van der Waals surface area contributed by atoms with Crippen LogP contribution in [0.15, 0.2) is 60.7 Å². The van der Waals surface area contributed by atoms with Crippen molar-refractivity contribution in [3.8, 4) is 0 Å². The molecule has 1 atom stereocenters. The Kier molecular flexibility index (Phi) is 6.91. The summed E-state index contributed by atoms with van der Waals surface area (Å²) >= 11 is 5.35. The van der Waals surface area contributed by atoms with Crippen LogP contribution >= 0.6 is 12.2 Å². The second-order valence-corrected chi connectivity index (χ2v) is 5.97. The highest BCUT2D eigenvalue weighted by Gasteiger charge is 2.04. The fourth-order valence-electron chi connectivity index (χ4n) is 2.34. The van der Waals surface area contributed by atoms with Crippen LogP contribution in [0.5, 0.6) is 0 Å². The molecule has 2 rings (SSSR count). The number of hydrogen-bond donors (Lipinski definition) is 2. The zero-order valence-corrected chi connectivity index (χ0v) is 13.9. The first-order chi connectivity index (χ1) is 10.7. The fraction of sp³-hybridized carbons (Fsp3) is 0.316. The van der Waals surface area contributed by atoms with Gasteiger partial charge in [0.15, 0.2) is 5.11 Å². The quantitative estimate of drug-likeness (QED) is 0.762. The largest absolute Gasteiger partial charge is 0.362 e. The molecule has 0 fully saturated rings. The van der Waals surface area contributed by atoms with Crippen LogP contribution in [0.25, 0.3) is 0 Å². The molecule has 0 unspecified atom stereocenters. The van der Waals surface area contributed by atoms with E-state index in [0.29, 0.717) is 6.04 Å². The lowest BCUT2D eigenvalue weighted by Gasteiger charge is -2.17. The van der Waals surface area contributed by atoms with Crippen LogP contribution in [0.1, 0.15) is 24.5 Å². The third kappa shape index (κ3) is 6.27. The number of benzene rings is 2. The molecule has 2 aromatic rings. The normalized spacial score (nSPS) is 11.7. The molecule has 22 heavy (non-hydrogen) atoms. The molecule has 0 saturated carbocycles. The molecular formula is C19H24N2S. The van der Waals surface area contributed by atoms with E-state index in [9.17, 15) is 0 Å². The van der Waals surface area contributed by atoms with E-state index in [1.807, 2.05) is 6.07 Å². The lowest BCUT2D eigenvalue weighted by atomic mass is 10.1. The number of thiocarbonyl (C=S) groups is 1. The van der Waals surface area contributed by atoms with E-state index in [1.165, 1.54) is 11.1 Å². The van der Waals surface area contributed by atoms with E-state index in [1.54, 1.807) is 0 Å². The van der Waals surface area contributed by atoms with Gasteiger partial charge in [0.2, 0.25) is 0 Å². The van der Waals surface area contributed by atoms with Crippen LogP contribution in [0.2, 0.25) is 0 Å². The molecule has 2 aromatic carbocycles. The number of rotatable bonds is 7. The van der Waals surface area contributed by atoms with Gasteiger partial charge >= 0.3 is 0 Å². The standard InChI is InChI=1S/C19H24N2S/c1-16(12-13-17-8-4-2-5-9-17)21-19(22)20-15-14-18-10-6-3-7-11-18/h2-11,16H,12-15H2,1H3,(H2,20,21,22)/t16-/m0/s1. The lowest BCUT2D eigenvalue weighted by Crippen LogP contribution is -2.41. The summed E-state index contributed by atoms with van der Waals surface area (Å²) in [6, 6.07) is 21.4. The van der Waals surface area contributed by atoms with Gasteiger partial charge in [0.25, 0.3) is 0 Å². The van der Waals surface area contributed by atoms with Crippen molar-refractivity contribution in [1.29, 1.82) is 0 Å². The van der Waals surface area contributed by atoms with Crippen LogP contribution in [-0.2, 0) is 12.8 Å². The van der Waals surface area contributed by atoms with Crippen molar-refractivity contribution in [1.82, 2.24) is 10.6 Å². The Balaban J connectivity index is 1.62. The summed E-state index contributed by atoms with van der Waals surface area (Å²) < 4.78 is 0. The first-order valence-corrected chi connectivity index (χ1v) is 8.27. The molecule has 0 aliphatic heterocycles. The molecule has 0 radical (unpaired) electrons. The second kappa shape index (κ2) is 9.21. The second-order valence-electron chi connectivity index (χ2n) is 5.56. The van der Waals surface area contributed by atoms with Crippen molar-refractivity contribution in [2.75, 3.05) is 6.54 Å². The Morgan fingerprint density at radius 3 is 2.05 bits per heavy atom. The molecule has 0 aliphatic carbocycles. The Hall–Kier alpha value is -1.87. The van der Waals surface area contributed by atoms with Crippen molar-refractivity contribution >= 4 is 17.3 Å². The zero-order valence-electron chi connectivity index (χ0n) is 13.1. The van der Waals surface area contributed by atoms with Crippen molar-refractivity contribution in [3.63, 3.8) is 0 Å². The smallest absolute Gasteiger partial charge is 0.166 e. The van der Waals surface area contributed by atoms with Crippen molar-refractivity contribution in [2.45, 2.75) is 32.2 Å². The SMILES string of the molecule is C[C@@H](CCc1ccccc1)NC(=S)NCCc1ccccc1. The molecule has 116 valence electrons. The average Bonchev–Trinajstić information content (AvgIpc) is 2.55. The summed E-state index contributed by atoms with van der Waals surface area (Å²) in [5, 5.41) is 7.38. The molecular weight excluding hydrogens is 288 g/mol. The zero-order chi connectivity index (χ0) is 15.6. The van der Waals surface area contributed by atoms with Gasteiger partial charge in [-0.05, 0) is 49.5 Å². The van der Waals surface area contributed by atoms with E-state index in [0.717, 1.165) is 30.9 Å². The van der Waals surface area contributed by atoms with Crippen LogP contribution in [-0.4, -0.2) is 17.7 Å². The maximum absolute atomic E-state index is 5.35. The Bertz CT molecular complexity index is 554. The van der Waals surface area contributed by atoms with Gasteiger partial charge in [0.1, 0.15) is 0 Å². The topological polar surface area (TPSA) is 24.1 Å². The summed E-state index contributed by atoms with van der Waals surface area (Å²) in [7, 11) is 0. The summed E-state index contributed by atoms with van der Waals surface area (Å²) in [6.45, 7) is 3.04. The molecule has 2 nitrogen and oxygen atoms in total. The van der Waals surface area contributed by atoms with E-state index < -0.39 is 0 Å². The van der Waals surface area contributed by atoms with Gasteiger partial charge in [-0.1, -0.05) is 60.7 Å². The third-order valence-corrected chi connectivity index (χ3v) is 3.89. The van der Waals surface area contributed by atoms with Crippen LogP contribution in [0.4, 0.5) is 0 Å². The fourth-order valence-corrected chi connectivity index (χ4v) is 2.64. The Morgan fingerprint density at radius 2 is 1.45 bits per heavy atom. The molecule has 3 heteroatoms. The molecule has 0 saturated heterocycles. The summed E-state index contributed by atoms with van der Waals surface area (Å²) in [4.78, 5) is 0. The van der Waals surface area contributed by atoms with Gasteiger partial charge in [-0.3, -0.25) is 0 Å². The van der Waals surface area contributed by atoms with Crippen LogP contribution < -0.4 is 10.6 Å². The first kappa shape index (κ1) is 16.5. The average molecular weight is 312 g/mol. The Labute approximate surface area is 139 Å². The Morgan fingerprint density at radius 1 is 0.909 bits per heavy atom. The van der Waals surface area contributed by atoms with E-state index in [4.69, 9.17) is 12.2 Å². The number of hydrogen-bond acceptors (Lipinski definition) is 1. The number of aryl methyl sites for hydroxylation is 1. The van der Waals surface area contributed by atoms with Gasteiger partial charge in [-0.25, -0.2) is 0 Å². The minimum absolute atomic E-state index is 0.372. The van der Waals surface area contributed by atoms with E-state index in [2.05, 4.69) is 72.2 Å². The highest BCUT2D eigenvalue weighted by Crippen LogP contribution is 2.04. The maximum atomic E-state index is 5.35. The van der Waals surface area contributed by atoms with Crippen LogP contribution in [0, 0.1) is 0 Å².